The zero-order valence-electron chi connectivity index (χ0n) is 7.92. The lowest BCUT2D eigenvalue weighted by atomic mass is 9.63. The van der Waals surface area contributed by atoms with Gasteiger partial charge in [-0.1, -0.05) is 47.8 Å². The normalized spacial score (nSPS) is 41.8. The monoisotopic (exact) mass is 242 g/mol. The molecule has 0 aliphatic heterocycles. The second kappa shape index (κ2) is 3.23. The number of allylic oxidation sites excluding steroid dienone is 2. The number of carbonyl (C=O) groups excluding carboxylic acids is 1. The van der Waals surface area contributed by atoms with Gasteiger partial charge in [0.2, 0.25) is 0 Å². The number of rotatable bonds is 3. The molecule has 2 aliphatic carbocycles. The molecule has 0 aromatic rings. The van der Waals surface area contributed by atoms with Gasteiger partial charge in [0.25, 0.3) is 0 Å². The van der Waals surface area contributed by atoms with E-state index in [-0.39, 0.29) is 4.32 Å². The Bertz CT molecular complexity index is 259. The van der Waals surface area contributed by atoms with Crippen molar-refractivity contribution in [3.05, 3.63) is 12.2 Å². The van der Waals surface area contributed by atoms with E-state index >= 15 is 0 Å². The van der Waals surface area contributed by atoms with Crippen molar-refractivity contribution in [1.82, 2.24) is 0 Å². The fourth-order valence-corrected chi connectivity index (χ4v) is 3.54. The molecule has 1 fully saturated rings. The largest absolute Gasteiger partial charge is 0.298 e. The van der Waals surface area contributed by atoms with Gasteiger partial charge in [0.15, 0.2) is 5.78 Å². The van der Waals surface area contributed by atoms with E-state index in [1.54, 1.807) is 0 Å². The van der Waals surface area contributed by atoms with Gasteiger partial charge >= 0.3 is 0 Å². The smallest absolute Gasteiger partial charge is 0.154 e. The van der Waals surface area contributed by atoms with E-state index in [2.05, 4.69) is 35.0 Å². The highest BCUT2D eigenvalue weighted by Crippen LogP contribution is 2.54. The summed E-state index contributed by atoms with van der Waals surface area (Å²) in [5.41, 5.74) is 0. The van der Waals surface area contributed by atoms with E-state index < -0.39 is 0 Å². The predicted octanol–water partition coefficient (Wildman–Crippen LogP) is 3.09. The van der Waals surface area contributed by atoms with Gasteiger partial charge in [-0.25, -0.2) is 0 Å². The summed E-state index contributed by atoms with van der Waals surface area (Å²) in [7, 11) is 0. The standard InChI is InChI=1S/C11H15BrO/c1-2-3-7-11(12)9-6-4-5-8(9)10(11)13/h4,6,8-9H,2-3,5,7H2,1H3/t8-,9+,11-/m0/s1. The van der Waals surface area contributed by atoms with Crippen LogP contribution < -0.4 is 0 Å². The van der Waals surface area contributed by atoms with Crippen LogP contribution in [0.3, 0.4) is 0 Å². The van der Waals surface area contributed by atoms with Crippen LogP contribution in [0, 0.1) is 11.8 Å². The minimum atomic E-state index is -0.180. The number of fused-ring (bicyclic) bond motifs is 1. The van der Waals surface area contributed by atoms with Gasteiger partial charge in [0.05, 0.1) is 4.32 Å². The van der Waals surface area contributed by atoms with Crippen LogP contribution in [0.25, 0.3) is 0 Å². The lowest BCUT2D eigenvalue weighted by molar-refractivity contribution is -0.136. The lowest BCUT2D eigenvalue weighted by Gasteiger charge is -2.46. The number of alkyl halides is 1. The number of Topliss-reactive ketones (excluding diaryl/α,β-unsaturated/α-hetero) is 1. The van der Waals surface area contributed by atoms with Crippen LogP contribution in [0.1, 0.15) is 32.6 Å². The van der Waals surface area contributed by atoms with Crippen LogP contribution in [0.5, 0.6) is 0 Å². The number of halogens is 1. The maximum atomic E-state index is 11.8. The van der Waals surface area contributed by atoms with Gasteiger partial charge in [0, 0.05) is 11.8 Å². The van der Waals surface area contributed by atoms with Crippen molar-refractivity contribution in [1.29, 1.82) is 0 Å². The molecule has 13 heavy (non-hydrogen) atoms. The SMILES string of the molecule is CCCC[C@@]1(Br)C(=O)[C@H]2CC=C[C@H]21. The molecule has 2 rings (SSSR count). The summed E-state index contributed by atoms with van der Waals surface area (Å²) in [6.07, 6.45) is 8.67. The van der Waals surface area contributed by atoms with Crippen molar-refractivity contribution in [2.24, 2.45) is 11.8 Å². The van der Waals surface area contributed by atoms with Crippen LogP contribution in [0.15, 0.2) is 12.2 Å². The molecule has 72 valence electrons. The third-order valence-electron chi connectivity index (χ3n) is 3.34. The third-order valence-corrected chi connectivity index (χ3v) is 4.65. The van der Waals surface area contributed by atoms with E-state index in [9.17, 15) is 4.79 Å². The second-order valence-electron chi connectivity index (χ2n) is 4.13. The average molecular weight is 243 g/mol. The van der Waals surface area contributed by atoms with E-state index in [4.69, 9.17) is 0 Å². The zero-order valence-corrected chi connectivity index (χ0v) is 9.51. The first-order valence-electron chi connectivity index (χ1n) is 5.10. The van der Waals surface area contributed by atoms with Crippen molar-refractivity contribution in [3.8, 4) is 0 Å². The maximum absolute atomic E-state index is 11.8. The Morgan fingerprint density at radius 2 is 2.46 bits per heavy atom. The van der Waals surface area contributed by atoms with E-state index in [0.717, 1.165) is 19.3 Å². The molecule has 0 bridgehead atoms. The van der Waals surface area contributed by atoms with Crippen molar-refractivity contribution in [2.75, 3.05) is 0 Å². The van der Waals surface area contributed by atoms with Gasteiger partial charge in [0.1, 0.15) is 0 Å². The molecule has 0 radical (unpaired) electrons. The van der Waals surface area contributed by atoms with Crippen LogP contribution in [0.4, 0.5) is 0 Å². The molecular weight excluding hydrogens is 228 g/mol. The Morgan fingerprint density at radius 3 is 3.15 bits per heavy atom. The van der Waals surface area contributed by atoms with Gasteiger partial charge in [-0.3, -0.25) is 4.79 Å². The quantitative estimate of drug-likeness (QED) is 0.550. The molecule has 0 aromatic carbocycles. The molecule has 0 aromatic heterocycles. The van der Waals surface area contributed by atoms with Crippen LogP contribution in [-0.2, 0) is 4.79 Å². The van der Waals surface area contributed by atoms with Crippen molar-refractivity contribution in [3.63, 3.8) is 0 Å². The minimum Gasteiger partial charge on any atom is -0.298 e. The Hall–Kier alpha value is -0.110. The minimum absolute atomic E-state index is 0.180. The first-order valence-corrected chi connectivity index (χ1v) is 5.89. The van der Waals surface area contributed by atoms with Crippen LogP contribution >= 0.6 is 15.9 Å². The first-order chi connectivity index (χ1) is 6.20. The molecule has 0 heterocycles. The molecule has 0 unspecified atom stereocenters. The first kappa shape index (κ1) is 9.45. The Labute approximate surface area is 87.7 Å². The molecule has 1 saturated carbocycles. The Kier molecular flexibility index (Phi) is 2.35. The number of ketones is 1. The van der Waals surface area contributed by atoms with Crippen molar-refractivity contribution >= 4 is 21.7 Å². The highest BCUT2D eigenvalue weighted by Gasteiger charge is 2.59. The van der Waals surface area contributed by atoms with E-state index in [0.29, 0.717) is 17.6 Å². The fraction of sp³-hybridized carbons (Fsp3) is 0.727. The summed E-state index contributed by atoms with van der Waals surface area (Å²) < 4.78 is -0.180. The molecule has 0 amide bonds. The molecule has 1 nitrogen and oxygen atoms in total. The Balaban J connectivity index is 2.06. The number of carbonyl (C=O) groups is 1. The van der Waals surface area contributed by atoms with Crippen molar-refractivity contribution < 1.29 is 4.79 Å². The summed E-state index contributed by atoms with van der Waals surface area (Å²) in [5.74, 6) is 1.25. The number of unbranched alkanes of at least 4 members (excludes halogenated alkanes) is 1. The topological polar surface area (TPSA) is 17.1 Å². The predicted molar refractivity (Wildman–Crippen MR) is 56.9 cm³/mol. The van der Waals surface area contributed by atoms with Crippen molar-refractivity contribution in [2.45, 2.75) is 36.9 Å². The highest BCUT2D eigenvalue weighted by molar-refractivity contribution is 9.10. The van der Waals surface area contributed by atoms with Crippen LogP contribution in [0.2, 0.25) is 0 Å². The Morgan fingerprint density at radius 1 is 1.69 bits per heavy atom. The van der Waals surface area contributed by atoms with E-state index in [1.807, 2.05) is 0 Å². The average Bonchev–Trinajstić information content (AvgIpc) is 2.59. The summed E-state index contributed by atoms with van der Waals surface area (Å²) in [6.45, 7) is 2.17. The summed E-state index contributed by atoms with van der Waals surface area (Å²) in [6, 6.07) is 0. The summed E-state index contributed by atoms with van der Waals surface area (Å²) in [4.78, 5) is 11.8. The molecule has 2 aliphatic rings. The fourth-order valence-electron chi connectivity index (χ4n) is 2.49. The lowest BCUT2D eigenvalue weighted by Crippen LogP contribution is -2.57. The molecular formula is C11H15BrO. The maximum Gasteiger partial charge on any atom is 0.154 e. The number of hydrogen-bond donors (Lipinski definition) is 0. The number of hydrogen-bond acceptors (Lipinski definition) is 1. The molecule has 3 atom stereocenters. The van der Waals surface area contributed by atoms with Gasteiger partial charge in [-0.2, -0.15) is 0 Å². The van der Waals surface area contributed by atoms with Gasteiger partial charge < -0.3 is 0 Å². The molecule has 0 N–H and O–H groups in total. The highest BCUT2D eigenvalue weighted by atomic mass is 79.9. The zero-order chi connectivity index (χ0) is 9.47. The molecule has 2 heteroatoms. The molecule has 0 spiro atoms. The van der Waals surface area contributed by atoms with Gasteiger partial charge in [-0.05, 0) is 12.8 Å². The van der Waals surface area contributed by atoms with Crippen LogP contribution in [-0.4, -0.2) is 10.1 Å². The summed E-state index contributed by atoms with van der Waals surface area (Å²) >= 11 is 3.64. The van der Waals surface area contributed by atoms with E-state index in [1.165, 1.54) is 6.42 Å². The third kappa shape index (κ3) is 1.22. The summed E-state index contributed by atoms with van der Waals surface area (Å²) in [5, 5.41) is 0. The second-order valence-corrected chi connectivity index (χ2v) is 5.54. The molecule has 0 saturated heterocycles. The van der Waals surface area contributed by atoms with Gasteiger partial charge in [-0.15, -0.1) is 0 Å².